The minimum atomic E-state index is -1.59. The molecule has 3 rings (SSSR count). The normalized spacial score (nSPS) is 10.5. The van der Waals surface area contributed by atoms with Gasteiger partial charge in [0.05, 0.1) is 0 Å². The van der Waals surface area contributed by atoms with Crippen LogP contribution in [0.15, 0.2) is 42.5 Å². The number of rotatable bonds is 4. The van der Waals surface area contributed by atoms with Crippen molar-refractivity contribution < 1.29 is 34.8 Å². The minimum Gasteiger partial charge on any atom is -0.508 e. The highest BCUT2D eigenvalue weighted by atomic mass is 16.7. The Bertz CT molecular complexity index is 1050. The predicted molar refractivity (Wildman–Crippen MR) is 93.0 cm³/mol. The van der Waals surface area contributed by atoms with Crippen molar-refractivity contribution in [3.63, 3.8) is 0 Å². The van der Waals surface area contributed by atoms with Crippen LogP contribution < -0.4 is 10.1 Å². The van der Waals surface area contributed by atoms with Gasteiger partial charge < -0.3 is 30.5 Å². The van der Waals surface area contributed by atoms with E-state index in [1.165, 1.54) is 30.3 Å². The van der Waals surface area contributed by atoms with Crippen molar-refractivity contribution in [2.45, 2.75) is 6.54 Å². The molecule has 2 aromatic carbocycles. The van der Waals surface area contributed by atoms with E-state index in [0.717, 1.165) is 6.07 Å². The van der Waals surface area contributed by atoms with Crippen LogP contribution in [0.25, 0.3) is 10.9 Å². The lowest BCUT2D eigenvalue weighted by Crippen LogP contribution is -2.23. The molecular weight excluding hydrogens is 356 g/mol. The Morgan fingerprint density at radius 1 is 1.04 bits per heavy atom. The van der Waals surface area contributed by atoms with Gasteiger partial charge in [-0.1, -0.05) is 6.07 Å². The first-order valence-electron chi connectivity index (χ1n) is 7.67. The zero-order valence-corrected chi connectivity index (χ0v) is 13.7. The topological polar surface area (TPSA) is 149 Å². The number of ether oxygens (including phenoxy) is 1. The Hall–Kier alpha value is -4.01. The summed E-state index contributed by atoms with van der Waals surface area (Å²) in [4.78, 5) is 27.0. The highest BCUT2D eigenvalue weighted by Crippen LogP contribution is 2.33. The number of nitrogens with one attached hydrogen (secondary N) is 1. The Kier molecular flexibility index (Phi) is 4.67. The number of carbonyl (C=O) groups excluding carboxylic acids is 1. The molecule has 1 heterocycles. The van der Waals surface area contributed by atoms with E-state index >= 15 is 0 Å². The molecule has 0 unspecified atom stereocenters. The molecule has 9 nitrogen and oxygen atoms in total. The predicted octanol–water partition coefficient (Wildman–Crippen LogP) is 2.34. The number of phenols is 3. The SMILES string of the molecule is O=C(O)Oc1ccc2ccc(C(=O)NCc3ccc(O)cc3O)nc2c1O. The number of pyridine rings is 1. The number of aromatic nitrogens is 1. The van der Waals surface area contributed by atoms with Crippen LogP contribution in [0.3, 0.4) is 0 Å². The molecular formula is C18H14N2O7. The summed E-state index contributed by atoms with van der Waals surface area (Å²) in [7, 11) is 0. The molecule has 0 aliphatic carbocycles. The minimum absolute atomic E-state index is 0.00822. The molecule has 1 aromatic heterocycles. The van der Waals surface area contributed by atoms with Gasteiger partial charge in [0.15, 0.2) is 11.5 Å². The summed E-state index contributed by atoms with van der Waals surface area (Å²) in [5.41, 5.74) is 0.374. The number of phenolic OH excluding ortho intramolecular Hbond substituents is 3. The first kappa shape index (κ1) is 17.8. The lowest BCUT2D eigenvalue weighted by molar-refractivity contribution is 0.0946. The maximum Gasteiger partial charge on any atom is 0.511 e. The molecule has 0 radical (unpaired) electrons. The summed E-state index contributed by atoms with van der Waals surface area (Å²) in [6.45, 7) is -0.0151. The van der Waals surface area contributed by atoms with Crippen molar-refractivity contribution in [1.82, 2.24) is 10.3 Å². The third-order valence-electron chi connectivity index (χ3n) is 3.74. The summed E-state index contributed by atoms with van der Waals surface area (Å²) in [6.07, 6.45) is -1.59. The Morgan fingerprint density at radius 2 is 1.78 bits per heavy atom. The molecule has 0 aliphatic rings. The quantitative estimate of drug-likeness (QED) is 0.347. The van der Waals surface area contributed by atoms with Crippen molar-refractivity contribution in [3.05, 3.63) is 53.7 Å². The Balaban J connectivity index is 1.84. The number of aromatic hydroxyl groups is 3. The Morgan fingerprint density at radius 3 is 2.48 bits per heavy atom. The average molecular weight is 370 g/mol. The fourth-order valence-electron chi connectivity index (χ4n) is 2.43. The van der Waals surface area contributed by atoms with Gasteiger partial charge in [0, 0.05) is 23.6 Å². The van der Waals surface area contributed by atoms with Crippen LogP contribution in [0, 0.1) is 0 Å². The summed E-state index contributed by atoms with van der Waals surface area (Å²) in [6, 6.07) is 9.73. The van der Waals surface area contributed by atoms with Crippen LogP contribution >= 0.6 is 0 Å². The first-order valence-corrected chi connectivity index (χ1v) is 7.67. The van der Waals surface area contributed by atoms with Crippen molar-refractivity contribution in [2.24, 2.45) is 0 Å². The number of fused-ring (bicyclic) bond motifs is 1. The average Bonchev–Trinajstić information content (AvgIpc) is 2.62. The van der Waals surface area contributed by atoms with Gasteiger partial charge in [-0.05, 0) is 30.3 Å². The van der Waals surface area contributed by atoms with E-state index in [-0.39, 0.29) is 35.0 Å². The van der Waals surface area contributed by atoms with Gasteiger partial charge in [-0.3, -0.25) is 4.79 Å². The molecule has 0 aliphatic heterocycles. The number of benzene rings is 2. The first-order chi connectivity index (χ1) is 12.8. The zero-order valence-electron chi connectivity index (χ0n) is 13.7. The van der Waals surface area contributed by atoms with Gasteiger partial charge in [0.2, 0.25) is 0 Å². The van der Waals surface area contributed by atoms with Gasteiger partial charge in [0.25, 0.3) is 5.91 Å². The molecule has 5 N–H and O–H groups in total. The highest BCUT2D eigenvalue weighted by molar-refractivity contribution is 5.96. The van der Waals surface area contributed by atoms with E-state index in [1.54, 1.807) is 6.07 Å². The van der Waals surface area contributed by atoms with Gasteiger partial charge >= 0.3 is 6.16 Å². The lowest BCUT2D eigenvalue weighted by Gasteiger charge is -2.09. The maximum atomic E-state index is 12.3. The van der Waals surface area contributed by atoms with Gasteiger partial charge in [0.1, 0.15) is 22.7 Å². The van der Waals surface area contributed by atoms with E-state index in [4.69, 9.17) is 5.11 Å². The number of amides is 1. The summed E-state index contributed by atoms with van der Waals surface area (Å²) in [5, 5.41) is 40.8. The molecule has 0 spiro atoms. The highest BCUT2D eigenvalue weighted by Gasteiger charge is 2.15. The standard InChI is InChI=1S/C18H14N2O7/c21-11-4-1-10(13(22)7-11)8-19-17(24)12-5-2-9-3-6-14(27-18(25)26)16(23)15(9)20-12/h1-7,21-23H,8H2,(H,19,24)(H,25,26). The molecule has 138 valence electrons. The van der Waals surface area contributed by atoms with E-state index in [0.29, 0.717) is 10.9 Å². The number of hydrogen-bond donors (Lipinski definition) is 5. The van der Waals surface area contributed by atoms with Gasteiger partial charge in [-0.2, -0.15) is 0 Å². The molecule has 0 atom stereocenters. The van der Waals surface area contributed by atoms with E-state index in [9.17, 15) is 24.9 Å². The summed E-state index contributed by atoms with van der Waals surface area (Å²) >= 11 is 0. The van der Waals surface area contributed by atoms with E-state index in [2.05, 4.69) is 15.0 Å². The summed E-state index contributed by atoms with van der Waals surface area (Å²) < 4.78 is 4.46. The van der Waals surface area contributed by atoms with Crippen LogP contribution in [-0.2, 0) is 6.54 Å². The monoisotopic (exact) mass is 370 g/mol. The number of nitrogens with zero attached hydrogens (tertiary/aromatic N) is 1. The van der Waals surface area contributed by atoms with Crippen LogP contribution in [0.5, 0.6) is 23.0 Å². The fourth-order valence-corrected chi connectivity index (χ4v) is 2.43. The van der Waals surface area contributed by atoms with Gasteiger partial charge in [-0.15, -0.1) is 0 Å². The Labute approximate surface area is 152 Å². The van der Waals surface area contributed by atoms with Crippen LogP contribution in [-0.4, -0.2) is 37.5 Å². The van der Waals surface area contributed by atoms with Crippen LogP contribution in [0.2, 0.25) is 0 Å². The molecule has 0 fully saturated rings. The number of hydrogen-bond acceptors (Lipinski definition) is 7. The number of carbonyl (C=O) groups is 2. The third kappa shape index (κ3) is 3.82. The van der Waals surface area contributed by atoms with E-state index < -0.39 is 17.8 Å². The smallest absolute Gasteiger partial charge is 0.508 e. The zero-order chi connectivity index (χ0) is 19.6. The maximum absolute atomic E-state index is 12.3. The van der Waals surface area contributed by atoms with Crippen molar-refractivity contribution in [3.8, 4) is 23.0 Å². The number of carboxylic acid groups (broad SMARTS) is 1. The molecule has 0 saturated carbocycles. The molecule has 1 amide bonds. The van der Waals surface area contributed by atoms with Crippen molar-refractivity contribution in [2.75, 3.05) is 0 Å². The van der Waals surface area contributed by atoms with Crippen molar-refractivity contribution >= 4 is 23.0 Å². The second-order valence-corrected chi connectivity index (χ2v) is 5.54. The van der Waals surface area contributed by atoms with E-state index in [1.807, 2.05) is 0 Å². The largest absolute Gasteiger partial charge is 0.511 e. The summed E-state index contributed by atoms with van der Waals surface area (Å²) in [5.74, 6) is -1.65. The molecule has 0 bridgehead atoms. The van der Waals surface area contributed by atoms with Crippen molar-refractivity contribution in [1.29, 1.82) is 0 Å². The lowest BCUT2D eigenvalue weighted by atomic mass is 10.1. The third-order valence-corrected chi connectivity index (χ3v) is 3.74. The molecule has 9 heteroatoms. The van der Waals surface area contributed by atoms with Crippen LogP contribution in [0.1, 0.15) is 16.1 Å². The van der Waals surface area contributed by atoms with Crippen LogP contribution in [0.4, 0.5) is 4.79 Å². The second-order valence-electron chi connectivity index (χ2n) is 5.54. The molecule has 27 heavy (non-hydrogen) atoms. The fraction of sp³-hybridized carbons (Fsp3) is 0.0556. The molecule has 3 aromatic rings. The van der Waals surface area contributed by atoms with Gasteiger partial charge in [-0.25, -0.2) is 9.78 Å². The second kappa shape index (κ2) is 7.08. The molecule has 0 saturated heterocycles.